The second-order valence-corrected chi connectivity index (χ2v) is 3.30. The van der Waals surface area contributed by atoms with E-state index in [1.807, 2.05) is 6.92 Å². The van der Waals surface area contributed by atoms with Gasteiger partial charge in [0, 0.05) is 6.54 Å². The number of carbonyl (C=O) groups excluding carboxylic acids is 1. The van der Waals surface area contributed by atoms with E-state index in [4.69, 9.17) is 9.84 Å². The lowest BCUT2D eigenvalue weighted by Gasteiger charge is -2.36. The average Bonchev–Trinajstić information content (AvgIpc) is 2.01. The van der Waals surface area contributed by atoms with Gasteiger partial charge in [-0.15, -0.1) is 0 Å². The summed E-state index contributed by atoms with van der Waals surface area (Å²) in [4.78, 5) is 23.1. The predicted molar refractivity (Wildman–Crippen MR) is 49.0 cm³/mol. The molecule has 0 spiro atoms. The molecule has 1 rings (SSSR count). The maximum atomic E-state index is 11.3. The zero-order valence-electron chi connectivity index (χ0n) is 8.23. The highest BCUT2D eigenvalue weighted by Crippen LogP contribution is 2.18. The molecule has 1 amide bonds. The van der Waals surface area contributed by atoms with Gasteiger partial charge in [0.1, 0.15) is 6.04 Å². The molecule has 1 aliphatic heterocycles. The quantitative estimate of drug-likeness (QED) is 0.691. The second kappa shape index (κ2) is 4.83. The van der Waals surface area contributed by atoms with Gasteiger partial charge in [0.05, 0.1) is 6.61 Å². The summed E-state index contributed by atoms with van der Waals surface area (Å²) in [5, 5.41) is 8.67. The smallest absolute Gasteiger partial charge is 0.410 e. The molecule has 0 unspecified atom stereocenters. The normalized spacial score (nSPS) is 20.1. The van der Waals surface area contributed by atoms with Crippen LogP contribution >= 0.6 is 0 Å². The number of rotatable bonds is 4. The topological polar surface area (TPSA) is 66.8 Å². The van der Waals surface area contributed by atoms with E-state index in [-0.39, 0.29) is 0 Å². The van der Waals surface area contributed by atoms with Crippen LogP contribution in [0.25, 0.3) is 0 Å². The Bertz CT molecular complexity index is 229. The maximum absolute atomic E-state index is 11.3. The summed E-state index contributed by atoms with van der Waals surface area (Å²) < 4.78 is 4.89. The van der Waals surface area contributed by atoms with Crippen molar-refractivity contribution in [1.82, 2.24) is 4.90 Å². The highest BCUT2D eigenvalue weighted by Gasteiger charge is 2.38. The molecule has 1 N–H and O–H groups in total. The molecule has 14 heavy (non-hydrogen) atoms. The highest BCUT2D eigenvalue weighted by molar-refractivity contribution is 5.81. The van der Waals surface area contributed by atoms with E-state index < -0.39 is 18.1 Å². The van der Waals surface area contributed by atoms with Crippen LogP contribution in [0.1, 0.15) is 26.2 Å². The number of ether oxygens (including phenoxy) is 1. The van der Waals surface area contributed by atoms with Crippen molar-refractivity contribution in [2.45, 2.75) is 32.2 Å². The Labute approximate surface area is 82.6 Å². The van der Waals surface area contributed by atoms with Crippen molar-refractivity contribution in [2.75, 3.05) is 13.2 Å². The van der Waals surface area contributed by atoms with E-state index >= 15 is 0 Å². The first-order valence-corrected chi connectivity index (χ1v) is 4.83. The number of aliphatic carboxylic acids is 1. The molecule has 1 atom stereocenters. The van der Waals surface area contributed by atoms with Crippen molar-refractivity contribution in [1.29, 1.82) is 0 Å². The van der Waals surface area contributed by atoms with E-state index in [2.05, 4.69) is 0 Å². The molecule has 1 fully saturated rings. The van der Waals surface area contributed by atoms with Gasteiger partial charge in [-0.05, 0) is 12.8 Å². The third-order valence-electron chi connectivity index (χ3n) is 2.26. The monoisotopic (exact) mass is 201 g/mol. The standard InChI is InChI=1S/C9H15NO4/c1-2-3-6-14-9(13)10-5-4-7(10)8(11)12/h7H,2-6H2,1H3,(H,11,12)/t7-/m0/s1. The first kappa shape index (κ1) is 10.8. The van der Waals surface area contributed by atoms with Gasteiger partial charge in [-0.2, -0.15) is 0 Å². The molecule has 0 aromatic rings. The number of carboxylic acids is 1. The van der Waals surface area contributed by atoms with E-state index in [0.717, 1.165) is 12.8 Å². The molecule has 5 nitrogen and oxygen atoms in total. The maximum Gasteiger partial charge on any atom is 0.410 e. The molecule has 0 aliphatic carbocycles. The van der Waals surface area contributed by atoms with Crippen molar-refractivity contribution >= 4 is 12.1 Å². The van der Waals surface area contributed by atoms with Gasteiger partial charge >= 0.3 is 12.1 Å². The SMILES string of the molecule is CCCCOC(=O)N1CC[C@H]1C(=O)O. The van der Waals surface area contributed by atoms with Gasteiger partial charge in [-0.1, -0.05) is 13.3 Å². The minimum Gasteiger partial charge on any atom is -0.480 e. The number of unbranched alkanes of at least 4 members (excludes halogenated alkanes) is 1. The van der Waals surface area contributed by atoms with Crippen LogP contribution in [0.4, 0.5) is 4.79 Å². The lowest BCUT2D eigenvalue weighted by Crippen LogP contribution is -2.55. The Balaban J connectivity index is 2.27. The third kappa shape index (κ3) is 2.37. The molecule has 5 heteroatoms. The Hall–Kier alpha value is -1.26. The van der Waals surface area contributed by atoms with Gasteiger partial charge in [0.2, 0.25) is 0 Å². The van der Waals surface area contributed by atoms with Crippen molar-refractivity contribution in [2.24, 2.45) is 0 Å². The lowest BCUT2D eigenvalue weighted by molar-refractivity contribution is -0.146. The van der Waals surface area contributed by atoms with E-state index in [0.29, 0.717) is 19.6 Å². The largest absolute Gasteiger partial charge is 0.480 e. The Morgan fingerprint density at radius 2 is 2.29 bits per heavy atom. The fraction of sp³-hybridized carbons (Fsp3) is 0.778. The fourth-order valence-corrected chi connectivity index (χ4v) is 1.25. The average molecular weight is 201 g/mol. The number of carbonyl (C=O) groups is 2. The summed E-state index contributed by atoms with van der Waals surface area (Å²) in [6.45, 7) is 2.86. The molecule has 0 saturated carbocycles. The molecule has 1 aliphatic rings. The predicted octanol–water partition coefficient (Wildman–Crippen LogP) is 1.08. The van der Waals surface area contributed by atoms with Crippen LogP contribution in [0.15, 0.2) is 0 Å². The molecule has 0 bridgehead atoms. The van der Waals surface area contributed by atoms with Crippen molar-refractivity contribution in [3.8, 4) is 0 Å². The molecule has 0 aromatic carbocycles. The van der Waals surface area contributed by atoms with Crippen LogP contribution in [0.5, 0.6) is 0 Å². The van der Waals surface area contributed by atoms with Crippen LogP contribution < -0.4 is 0 Å². The zero-order valence-corrected chi connectivity index (χ0v) is 8.23. The minimum absolute atomic E-state index is 0.373. The number of likely N-dealkylation sites (tertiary alicyclic amines) is 1. The van der Waals surface area contributed by atoms with Crippen molar-refractivity contribution in [3.05, 3.63) is 0 Å². The van der Waals surface area contributed by atoms with E-state index in [1.165, 1.54) is 4.90 Å². The Kier molecular flexibility index (Phi) is 3.73. The van der Waals surface area contributed by atoms with Gasteiger partial charge < -0.3 is 9.84 Å². The fourth-order valence-electron chi connectivity index (χ4n) is 1.25. The Morgan fingerprint density at radius 3 is 2.71 bits per heavy atom. The number of carboxylic acid groups (broad SMARTS) is 1. The van der Waals surface area contributed by atoms with Crippen LogP contribution in [0.3, 0.4) is 0 Å². The van der Waals surface area contributed by atoms with Crippen molar-refractivity contribution in [3.63, 3.8) is 0 Å². The van der Waals surface area contributed by atoms with Crippen LogP contribution in [-0.2, 0) is 9.53 Å². The van der Waals surface area contributed by atoms with Crippen LogP contribution in [0.2, 0.25) is 0 Å². The van der Waals surface area contributed by atoms with Gasteiger partial charge in [0.25, 0.3) is 0 Å². The summed E-state index contributed by atoms with van der Waals surface area (Å²) in [5.74, 6) is -0.955. The lowest BCUT2D eigenvalue weighted by atomic mass is 10.1. The summed E-state index contributed by atoms with van der Waals surface area (Å²) in [5.41, 5.74) is 0. The zero-order chi connectivity index (χ0) is 10.6. The minimum atomic E-state index is -0.955. The third-order valence-corrected chi connectivity index (χ3v) is 2.26. The molecule has 1 heterocycles. The van der Waals surface area contributed by atoms with E-state index in [1.54, 1.807) is 0 Å². The molecule has 80 valence electrons. The van der Waals surface area contributed by atoms with Crippen molar-refractivity contribution < 1.29 is 19.4 Å². The number of hydrogen-bond acceptors (Lipinski definition) is 3. The summed E-state index contributed by atoms with van der Waals surface area (Å²) in [7, 11) is 0. The van der Waals surface area contributed by atoms with E-state index in [9.17, 15) is 9.59 Å². The first-order chi connectivity index (χ1) is 6.66. The van der Waals surface area contributed by atoms with Crippen LogP contribution in [0, 0.1) is 0 Å². The number of hydrogen-bond donors (Lipinski definition) is 1. The first-order valence-electron chi connectivity index (χ1n) is 4.83. The summed E-state index contributed by atoms with van der Waals surface area (Å²) >= 11 is 0. The van der Waals surface area contributed by atoms with Gasteiger partial charge in [-0.3, -0.25) is 4.90 Å². The summed E-state index contributed by atoms with van der Waals surface area (Å²) in [6, 6.07) is -0.677. The van der Waals surface area contributed by atoms with Gasteiger partial charge in [0.15, 0.2) is 0 Å². The second-order valence-electron chi connectivity index (χ2n) is 3.30. The van der Waals surface area contributed by atoms with Gasteiger partial charge in [-0.25, -0.2) is 9.59 Å². The number of nitrogens with zero attached hydrogens (tertiary/aromatic N) is 1. The van der Waals surface area contributed by atoms with Crippen LogP contribution in [-0.4, -0.2) is 41.3 Å². The molecule has 1 saturated heterocycles. The molecular formula is C9H15NO4. The molecular weight excluding hydrogens is 186 g/mol. The molecule has 0 aromatic heterocycles. The molecule has 0 radical (unpaired) electrons. The number of amides is 1. The highest BCUT2D eigenvalue weighted by atomic mass is 16.6. The summed E-state index contributed by atoms with van der Waals surface area (Å²) in [6.07, 6.45) is 1.79. The Morgan fingerprint density at radius 1 is 1.57 bits per heavy atom.